The summed E-state index contributed by atoms with van der Waals surface area (Å²) in [5.74, 6) is 2.02. The van der Waals surface area contributed by atoms with Crippen molar-refractivity contribution < 1.29 is 5.11 Å². The van der Waals surface area contributed by atoms with Gasteiger partial charge in [0, 0.05) is 6.61 Å². The summed E-state index contributed by atoms with van der Waals surface area (Å²) >= 11 is 0. The lowest BCUT2D eigenvalue weighted by Crippen LogP contribution is -2.11. The Labute approximate surface area is 108 Å². The van der Waals surface area contributed by atoms with Crippen molar-refractivity contribution >= 4 is 0 Å². The Morgan fingerprint density at radius 2 is 1.59 bits per heavy atom. The fraction of sp³-hybridized carbons (Fsp3) is 1.00. The first-order chi connectivity index (χ1) is 8.36. The predicted molar refractivity (Wildman–Crippen MR) is 75.1 cm³/mol. The smallest absolute Gasteiger partial charge is 0.0431 e. The molecule has 2 unspecified atom stereocenters. The third-order valence-electron chi connectivity index (χ3n) is 4.49. The zero-order valence-corrected chi connectivity index (χ0v) is 11.8. The molecule has 102 valence electrons. The van der Waals surface area contributed by atoms with Crippen LogP contribution in [0.25, 0.3) is 0 Å². The molecule has 1 aliphatic rings. The standard InChI is InChI=1S/C16H32O/c1-2-15-10-7-5-8-12-16(14-15)11-6-3-4-9-13-17/h15-17H,2-14H2,1H3. The van der Waals surface area contributed by atoms with Crippen molar-refractivity contribution in [3.63, 3.8) is 0 Å². The summed E-state index contributed by atoms with van der Waals surface area (Å²) in [5.41, 5.74) is 0. The Bertz CT molecular complexity index is 167. The van der Waals surface area contributed by atoms with Crippen molar-refractivity contribution in [3.05, 3.63) is 0 Å². The molecule has 2 atom stereocenters. The van der Waals surface area contributed by atoms with Gasteiger partial charge in [-0.25, -0.2) is 0 Å². The number of rotatable bonds is 7. The zero-order chi connectivity index (χ0) is 12.3. The van der Waals surface area contributed by atoms with Gasteiger partial charge >= 0.3 is 0 Å². The van der Waals surface area contributed by atoms with Crippen LogP contribution in [0.5, 0.6) is 0 Å². The van der Waals surface area contributed by atoms with Crippen LogP contribution in [0.4, 0.5) is 0 Å². The molecule has 0 radical (unpaired) electrons. The molecule has 1 heteroatoms. The molecule has 0 bridgehead atoms. The van der Waals surface area contributed by atoms with Crippen LogP contribution < -0.4 is 0 Å². The molecule has 1 rings (SSSR count). The van der Waals surface area contributed by atoms with E-state index in [4.69, 9.17) is 5.11 Å². The van der Waals surface area contributed by atoms with Gasteiger partial charge in [-0.15, -0.1) is 0 Å². The van der Waals surface area contributed by atoms with Crippen LogP contribution in [0.15, 0.2) is 0 Å². The van der Waals surface area contributed by atoms with Gasteiger partial charge in [-0.1, -0.05) is 71.1 Å². The van der Waals surface area contributed by atoms with Gasteiger partial charge < -0.3 is 5.11 Å². The highest BCUT2D eigenvalue weighted by molar-refractivity contribution is 4.69. The van der Waals surface area contributed by atoms with Crippen LogP contribution in [0.3, 0.4) is 0 Å². The molecule has 0 spiro atoms. The van der Waals surface area contributed by atoms with Crippen molar-refractivity contribution in [2.75, 3.05) is 6.61 Å². The molecule has 1 N–H and O–H groups in total. The average Bonchev–Trinajstić information content (AvgIpc) is 2.31. The number of hydrogen-bond acceptors (Lipinski definition) is 1. The van der Waals surface area contributed by atoms with Gasteiger partial charge in [0.05, 0.1) is 0 Å². The molecule has 0 amide bonds. The zero-order valence-electron chi connectivity index (χ0n) is 11.8. The maximum Gasteiger partial charge on any atom is 0.0431 e. The summed E-state index contributed by atoms with van der Waals surface area (Å²) in [5, 5.41) is 8.75. The summed E-state index contributed by atoms with van der Waals surface area (Å²) in [6, 6.07) is 0. The third kappa shape index (κ3) is 7.08. The fourth-order valence-corrected chi connectivity index (χ4v) is 3.28. The van der Waals surface area contributed by atoms with E-state index < -0.39 is 0 Å². The van der Waals surface area contributed by atoms with Crippen LogP contribution in [0.2, 0.25) is 0 Å². The molecule has 0 aliphatic heterocycles. The normalized spacial score (nSPS) is 26.5. The Hall–Kier alpha value is -0.0400. The molecule has 0 heterocycles. The molecule has 17 heavy (non-hydrogen) atoms. The molecule has 0 aromatic carbocycles. The van der Waals surface area contributed by atoms with Crippen LogP contribution >= 0.6 is 0 Å². The topological polar surface area (TPSA) is 20.2 Å². The van der Waals surface area contributed by atoms with Crippen LogP contribution in [0, 0.1) is 11.8 Å². The number of aliphatic hydroxyl groups is 1. The Morgan fingerprint density at radius 3 is 2.29 bits per heavy atom. The SMILES string of the molecule is CCC1CCCCCC(CCCCCCO)C1. The van der Waals surface area contributed by atoms with Crippen LogP contribution in [-0.4, -0.2) is 11.7 Å². The van der Waals surface area contributed by atoms with Crippen molar-refractivity contribution in [1.82, 2.24) is 0 Å². The Kier molecular flexibility index (Phi) is 8.78. The van der Waals surface area contributed by atoms with E-state index in [-0.39, 0.29) is 0 Å². The molecular weight excluding hydrogens is 208 g/mol. The second kappa shape index (κ2) is 9.94. The lowest BCUT2D eigenvalue weighted by molar-refractivity contribution is 0.266. The van der Waals surface area contributed by atoms with Gasteiger partial charge in [0.25, 0.3) is 0 Å². The summed E-state index contributed by atoms with van der Waals surface area (Å²) in [7, 11) is 0. The van der Waals surface area contributed by atoms with E-state index in [0.717, 1.165) is 18.3 Å². The summed E-state index contributed by atoms with van der Waals surface area (Å²) in [6.07, 6.45) is 16.7. The molecule has 0 aromatic heterocycles. The van der Waals surface area contributed by atoms with E-state index in [2.05, 4.69) is 6.92 Å². The Morgan fingerprint density at radius 1 is 0.882 bits per heavy atom. The van der Waals surface area contributed by atoms with Gasteiger partial charge in [-0.3, -0.25) is 0 Å². The van der Waals surface area contributed by atoms with Gasteiger partial charge in [0.1, 0.15) is 0 Å². The van der Waals surface area contributed by atoms with Crippen molar-refractivity contribution in [1.29, 1.82) is 0 Å². The number of unbranched alkanes of at least 4 members (excludes halogenated alkanes) is 3. The van der Waals surface area contributed by atoms with Gasteiger partial charge in [-0.2, -0.15) is 0 Å². The molecule has 0 saturated heterocycles. The van der Waals surface area contributed by atoms with E-state index in [9.17, 15) is 0 Å². The lowest BCUT2D eigenvalue weighted by Gasteiger charge is -2.25. The quantitative estimate of drug-likeness (QED) is 0.626. The van der Waals surface area contributed by atoms with E-state index in [1.54, 1.807) is 0 Å². The molecule has 1 aliphatic carbocycles. The first-order valence-electron chi connectivity index (χ1n) is 7.97. The molecular formula is C16H32O. The van der Waals surface area contributed by atoms with Crippen molar-refractivity contribution in [2.45, 2.75) is 84.0 Å². The van der Waals surface area contributed by atoms with E-state index in [1.165, 1.54) is 70.6 Å². The van der Waals surface area contributed by atoms with E-state index in [0.29, 0.717) is 6.61 Å². The maximum atomic E-state index is 8.75. The highest BCUT2D eigenvalue weighted by Gasteiger charge is 2.17. The minimum atomic E-state index is 0.376. The summed E-state index contributed by atoms with van der Waals surface area (Å²) < 4.78 is 0. The molecule has 1 nitrogen and oxygen atoms in total. The van der Waals surface area contributed by atoms with Gasteiger partial charge in [0.15, 0.2) is 0 Å². The van der Waals surface area contributed by atoms with Gasteiger partial charge in [-0.05, 0) is 24.7 Å². The number of aliphatic hydroxyl groups excluding tert-OH is 1. The highest BCUT2D eigenvalue weighted by Crippen LogP contribution is 2.31. The molecule has 0 aromatic rings. The monoisotopic (exact) mass is 240 g/mol. The van der Waals surface area contributed by atoms with E-state index >= 15 is 0 Å². The second-order valence-corrected chi connectivity index (χ2v) is 5.94. The van der Waals surface area contributed by atoms with Crippen LogP contribution in [-0.2, 0) is 0 Å². The van der Waals surface area contributed by atoms with Crippen molar-refractivity contribution in [3.8, 4) is 0 Å². The van der Waals surface area contributed by atoms with E-state index in [1.807, 2.05) is 0 Å². The number of hydrogen-bond donors (Lipinski definition) is 1. The molecule has 1 fully saturated rings. The fourth-order valence-electron chi connectivity index (χ4n) is 3.28. The third-order valence-corrected chi connectivity index (χ3v) is 4.49. The molecule has 1 saturated carbocycles. The average molecular weight is 240 g/mol. The minimum Gasteiger partial charge on any atom is -0.396 e. The maximum absolute atomic E-state index is 8.75. The first-order valence-corrected chi connectivity index (χ1v) is 7.97. The Balaban J connectivity index is 2.14. The van der Waals surface area contributed by atoms with Gasteiger partial charge in [0.2, 0.25) is 0 Å². The minimum absolute atomic E-state index is 0.376. The predicted octanol–water partition coefficient (Wildman–Crippen LogP) is 4.93. The lowest BCUT2D eigenvalue weighted by atomic mass is 9.81. The highest BCUT2D eigenvalue weighted by atomic mass is 16.2. The summed E-state index contributed by atoms with van der Waals surface area (Å²) in [6.45, 7) is 2.74. The second-order valence-electron chi connectivity index (χ2n) is 5.94. The van der Waals surface area contributed by atoms with Crippen LogP contribution in [0.1, 0.15) is 84.0 Å². The summed E-state index contributed by atoms with van der Waals surface area (Å²) in [4.78, 5) is 0. The first kappa shape index (κ1) is 15.0. The van der Waals surface area contributed by atoms with Crippen molar-refractivity contribution in [2.24, 2.45) is 11.8 Å². The largest absolute Gasteiger partial charge is 0.396 e.